The Kier molecular flexibility index (Phi) is 5.36. The van der Waals surface area contributed by atoms with Crippen LogP contribution in [0, 0.1) is 0 Å². The van der Waals surface area contributed by atoms with Crippen molar-refractivity contribution in [3.05, 3.63) is 77.9 Å². The van der Waals surface area contributed by atoms with Crippen LogP contribution in [0.15, 0.2) is 61.1 Å². The van der Waals surface area contributed by atoms with E-state index in [1.807, 2.05) is 53.5 Å². The Morgan fingerprint density at radius 1 is 0.880 bits per heavy atom. The zero-order valence-electron chi connectivity index (χ0n) is 14.7. The lowest BCUT2D eigenvalue weighted by Gasteiger charge is -2.14. The van der Waals surface area contributed by atoms with E-state index in [9.17, 15) is 0 Å². The van der Waals surface area contributed by atoms with Gasteiger partial charge in [0.1, 0.15) is 17.6 Å². The SMILES string of the molecule is COc1ccc(Cn2cnc(C(OC)c3ccc(OC)cc3)c2)cc1. The molecule has 5 heteroatoms. The Balaban J connectivity index is 1.75. The molecule has 0 bridgehead atoms. The first kappa shape index (κ1) is 17.0. The molecule has 1 atom stereocenters. The number of hydrogen-bond donors (Lipinski definition) is 0. The fourth-order valence-corrected chi connectivity index (χ4v) is 2.75. The molecule has 0 radical (unpaired) electrons. The number of methoxy groups -OCH3 is 3. The zero-order valence-corrected chi connectivity index (χ0v) is 14.7. The molecule has 25 heavy (non-hydrogen) atoms. The van der Waals surface area contributed by atoms with Gasteiger partial charge in [0, 0.05) is 19.9 Å². The summed E-state index contributed by atoms with van der Waals surface area (Å²) in [6.07, 6.45) is 3.64. The summed E-state index contributed by atoms with van der Waals surface area (Å²) in [5.41, 5.74) is 3.10. The molecule has 1 unspecified atom stereocenters. The quantitative estimate of drug-likeness (QED) is 0.659. The van der Waals surface area contributed by atoms with E-state index < -0.39 is 0 Å². The predicted octanol–water partition coefficient (Wildman–Crippen LogP) is 3.68. The lowest BCUT2D eigenvalue weighted by atomic mass is 10.1. The molecule has 0 aliphatic rings. The van der Waals surface area contributed by atoms with Crippen LogP contribution in [0.3, 0.4) is 0 Å². The highest BCUT2D eigenvalue weighted by molar-refractivity contribution is 5.32. The maximum absolute atomic E-state index is 5.66. The third-order valence-electron chi connectivity index (χ3n) is 4.10. The van der Waals surface area contributed by atoms with E-state index >= 15 is 0 Å². The molecule has 0 saturated heterocycles. The minimum atomic E-state index is -0.206. The van der Waals surface area contributed by atoms with Gasteiger partial charge < -0.3 is 18.8 Å². The predicted molar refractivity (Wildman–Crippen MR) is 96.2 cm³/mol. The molecule has 3 aromatic rings. The standard InChI is InChI=1S/C20H22N2O3/c1-23-17-8-4-15(5-9-17)12-22-13-19(21-14-22)20(25-3)16-6-10-18(24-2)11-7-16/h4-11,13-14,20H,12H2,1-3H3. The second-order valence-corrected chi connectivity index (χ2v) is 5.71. The van der Waals surface area contributed by atoms with E-state index in [1.165, 1.54) is 5.56 Å². The van der Waals surface area contributed by atoms with Gasteiger partial charge in [-0.05, 0) is 35.4 Å². The smallest absolute Gasteiger partial charge is 0.126 e. The second-order valence-electron chi connectivity index (χ2n) is 5.71. The summed E-state index contributed by atoms with van der Waals surface area (Å²) in [5.74, 6) is 1.68. The van der Waals surface area contributed by atoms with Crippen LogP contribution in [0.25, 0.3) is 0 Å². The molecule has 0 aliphatic heterocycles. The van der Waals surface area contributed by atoms with Crippen LogP contribution >= 0.6 is 0 Å². The Morgan fingerprint density at radius 3 is 2.04 bits per heavy atom. The minimum Gasteiger partial charge on any atom is -0.497 e. The molecule has 130 valence electrons. The van der Waals surface area contributed by atoms with Crippen LogP contribution in [0.4, 0.5) is 0 Å². The maximum atomic E-state index is 5.66. The molecule has 0 amide bonds. The van der Waals surface area contributed by atoms with E-state index in [2.05, 4.69) is 17.1 Å². The number of nitrogens with zero attached hydrogens (tertiary/aromatic N) is 2. The number of hydrogen-bond acceptors (Lipinski definition) is 4. The van der Waals surface area contributed by atoms with Crippen molar-refractivity contribution in [3.63, 3.8) is 0 Å². The first-order valence-corrected chi connectivity index (χ1v) is 8.05. The van der Waals surface area contributed by atoms with Gasteiger partial charge in [-0.3, -0.25) is 0 Å². The number of rotatable bonds is 7. The van der Waals surface area contributed by atoms with Crippen molar-refractivity contribution in [2.45, 2.75) is 12.6 Å². The van der Waals surface area contributed by atoms with Crippen LogP contribution in [0.2, 0.25) is 0 Å². The number of aromatic nitrogens is 2. The number of imidazole rings is 1. The van der Waals surface area contributed by atoms with Gasteiger partial charge in [0.25, 0.3) is 0 Å². The average Bonchev–Trinajstić information content (AvgIpc) is 3.11. The summed E-state index contributed by atoms with van der Waals surface area (Å²) < 4.78 is 18.1. The first-order valence-electron chi connectivity index (χ1n) is 8.05. The van der Waals surface area contributed by atoms with Gasteiger partial charge in [0.15, 0.2) is 0 Å². The first-order chi connectivity index (χ1) is 12.2. The molecule has 3 rings (SSSR count). The summed E-state index contributed by atoms with van der Waals surface area (Å²) >= 11 is 0. The van der Waals surface area contributed by atoms with Crippen LogP contribution in [-0.2, 0) is 11.3 Å². The van der Waals surface area contributed by atoms with Crippen molar-refractivity contribution in [2.24, 2.45) is 0 Å². The van der Waals surface area contributed by atoms with Gasteiger partial charge >= 0.3 is 0 Å². The average molecular weight is 338 g/mol. The maximum Gasteiger partial charge on any atom is 0.126 e. The topological polar surface area (TPSA) is 45.5 Å². The van der Waals surface area contributed by atoms with Crippen LogP contribution in [0.1, 0.15) is 22.9 Å². The molecule has 0 N–H and O–H groups in total. The van der Waals surface area contributed by atoms with Crippen molar-refractivity contribution >= 4 is 0 Å². The summed E-state index contributed by atoms with van der Waals surface area (Å²) in [4.78, 5) is 4.52. The highest BCUT2D eigenvalue weighted by atomic mass is 16.5. The van der Waals surface area contributed by atoms with Crippen LogP contribution in [0.5, 0.6) is 11.5 Å². The molecular weight excluding hydrogens is 316 g/mol. The van der Waals surface area contributed by atoms with Gasteiger partial charge in [-0.2, -0.15) is 0 Å². The monoisotopic (exact) mass is 338 g/mol. The highest BCUT2D eigenvalue weighted by Gasteiger charge is 2.16. The molecule has 0 spiro atoms. The Labute approximate surface area is 147 Å². The van der Waals surface area contributed by atoms with Crippen molar-refractivity contribution in [1.82, 2.24) is 9.55 Å². The van der Waals surface area contributed by atoms with E-state index in [0.717, 1.165) is 29.3 Å². The summed E-state index contributed by atoms with van der Waals surface area (Å²) in [6, 6.07) is 15.9. The second kappa shape index (κ2) is 7.85. The van der Waals surface area contributed by atoms with Gasteiger partial charge in [-0.1, -0.05) is 24.3 Å². The van der Waals surface area contributed by atoms with Crippen LogP contribution < -0.4 is 9.47 Å². The van der Waals surface area contributed by atoms with Crippen molar-refractivity contribution in [3.8, 4) is 11.5 Å². The summed E-state index contributed by atoms with van der Waals surface area (Å²) in [6.45, 7) is 0.746. The molecule has 5 nitrogen and oxygen atoms in total. The normalized spacial score (nSPS) is 12.0. The van der Waals surface area contributed by atoms with E-state index in [-0.39, 0.29) is 6.10 Å². The lowest BCUT2D eigenvalue weighted by molar-refractivity contribution is 0.133. The Morgan fingerprint density at radius 2 is 1.48 bits per heavy atom. The van der Waals surface area contributed by atoms with Crippen molar-refractivity contribution < 1.29 is 14.2 Å². The fraction of sp³-hybridized carbons (Fsp3) is 0.250. The molecule has 0 saturated carbocycles. The molecule has 2 aromatic carbocycles. The van der Waals surface area contributed by atoms with Crippen LogP contribution in [-0.4, -0.2) is 30.9 Å². The molecule has 0 aliphatic carbocycles. The Bertz CT molecular complexity index is 795. The zero-order chi connectivity index (χ0) is 17.6. The number of ether oxygens (including phenoxy) is 3. The third-order valence-corrected chi connectivity index (χ3v) is 4.10. The minimum absolute atomic E-state index is 0.206. The molecule has 0 fully saturated rings. The van der Waals surface area contributed by atoms with Gasteiger partial charge in [0.2, 0.25) is 0 Å². The van der Waals surface area contributed by atoms with Gasteiger partial charge in [-0.25, -0.2) is 4.98 Å². The van der Waals surface area contributed by atoms with E-state index in [0.29, 0.717) is 0 Å². The molecular formula is C20H22N2O3. The van der Waals surface area contributed by atoms with E-state index in [4.69, 9.17) is 14.2 Å². The van der Waals surface area contributed by atoms with Crippen molar-refractivity contribution in [2.75, 3.05) is 21.3 Å². The van der Waals surface area contributed by atoms with Gasteiger partial charge in [0.05, 0.1) is 26.2 Å². The summed E-state index contributed by atoms with van der Waals surface area (Å²) in [7, 11) is 5.02. The molecule has 1 aromatic heterocycles. The largest absolute Gasteiger partial charge is 0.497 e. The Hall–Kier alpha value is -2.79. The lowest BCUT2D eigenvalue weighted by Crippen LogP contribution is -2.04. The third kappa shape index (κ3) is 4.00. The fourth-order valence-electron chi connectivity index (χ4n) is 2.75. The number of benzene rings is 2. The molecule has 1 heterocycles. The highest BCUT2D eigenvalue weighted by Crippen LogP contribution is 2.26. The van der Waals surface area contributed by atoms with Crippen molar-refractivity contribution in [1.29, 1.82) is 0 Å². The van der Waals surface area contributed by atoms with Gasteiger partial charge in [-0.15, -0.1) is 0 Å². The van der Waals surface area contributed by atoms with E-state index in [1.54, 1.807) is 21.3 Å². The summed E-state index contributed by atoms with van der Waals surface area (Å²) in [5, 5.41) is 0.